The van der Waals surface area contributed by atoms with E-state index in [4.69, 9.17) is 9.47 Å². The van der Waals surface area contributed by atoms with E-state index in [1.54, 1.807) is 0 Å². The maximum absolute atomic E-state index is 14.0. The molecule has 2 N–H and O–H groups in total. The number of carboxylic acid groups (broad SMARTS) is 1. The molecule has 7 rings (SSSR count). The molecule has 30 nitrogen and oxygen atoms in total. The van der Waals surface area contributed by atoms with Crippen molar-refractivity contribution >= 4 is 122 Å². The van der Waals surface area contributed by atoms with Crippen molar-refractivity contribution in [2.24, 2.45) is 30.7 Å². The minimum atomic E-state index is -5.63. The largest absolute Gasteiger partial charge is 1.00 e. The van der Waals surface area contributed by atoms with E-state index in [9.17, 15) is 85.0 Å². The van der Waals surface area contributed by atoms with Gasteiger partial charge in [-0.15, -0.1) is 30.7 Å². The fourth-order valence-electron chi connectivity index (χ4n) is 6.57. The van der Waals surface area contributed by atoms with Crippen molar-refractivity contribution in [2.75, 3.05) is 19.5 Å². The number of hydrogen-bond donors (Lipinski definition) is 2. The number of thiazole rings is 1. The van der Waals surface area contributed by atoms with E-state index < -0.39 is 134 Å². The number of rotatable bonds is 18. The maximum Gasteiger partial charge on any atom is 1.00 e. The van der Waals surface area contributed by atoms with E-state index in [0.29, 0.717) is 21.5 Å². The van der Waals surface area contributed by atoms with Gasteiger partial charge in [0.25, 0.3) is 20.2 Å². The fraction of sp³-hybridized carbons (Fsp3) is 0.132. The Bertz CT molecular complexity index is 4190. The standard InChI is InChI=1S/C38H31N9O21S6.6Li/c1-17-12-24(26(68-10-3-11-70(52,53)54)14-23(17)41-45-38-39-25-15-29(72(58,59)60)27(67-2)16-28(25)69-38)42-43-31-30(73(61,62)63)13-21-20(34(31)48)8-9-22(35(21)74(64,65)66)40-44-32-33(37(50)51)46-47(36(32)49)18-4-6-19(7-5-18)71(55,56)57;;;;;;/h4-9,12-16,48-49H,3,10-11H2,1-2H3,(H,50,51)(H,52,53,54)(H,55,56,57)(H,58,59,60)(H,61,62,63)(H,64,65,66);;;;;;/q;6*+1/p-6. The van der Waals surface area contributed by atoms with Crippen molar-refractivity contribution in [2.45, 2.75) is 32.9 Å². The van der Waals surface area contributed by atoms with Gasteiger partial charge in [0.1, 0.15) is 64.3 Å². The van der Waals surface area contributed by atoms with E-state index in [-0.39, 0.29) is 164 Å². The van der Waals surface area contributed by atoms with Gasteiger partial charge in [-0.05, 0) is 72.8 Å². The Labute approximate surface area is 529 Å². The van der Waals surface area contributed by atoms with Crippen molar-refractivity contribution in [1.29, 1.82) is 0 Å². The minimum Gasteiger partial charge on any atom is -0.871 e. The predicted octanol–water partition coefficient (Wildman–Crippen LogP) is -14.7. The van der Waals surface area contributed by atoms with E-state index >= 15 is 0 Å². The Hall–Kier alpha value is -3.94. The number of ether oxygens (including phenoxy) is 2. The van der Waals surface area contributed by atoms with Crippen molar-refractivity contribution in [3.63, 3.8) is 0 Å². The number of aromatic carboxylic acids is 1. The summed E-state index contributed by atoms with van der Waals surface area (Å²) in [6.07, 6.45) is -0.377. The van der Waals surface area contributed by atoms with Gasteiger partial charge in [0, 0.05) is 29.2 Å². The summed E-state index contributed by atoms with van der Waals surface area (Å²) >= 11 is 0.904. The van der Waals surface area contributed by atoms with E-state index in [2.05, 4.69) is 40.8 Å². The Morgan fingerprint density at radius 3 is 1.82 bits per heavy atom. The van der Waals surface area contributed by atoms with Crippen LogP contribution in [-0.4, -0.2) is 105 Å². The fourth-order valence-corrected chi connectivity index (χ4v) is 10.4. The molecule has 0 saturated heterocycles. The molecule has 42 heteroatoms. The van der Waals surface area contributed by atoms with Crippen LogP contribution in [0.2, 0.25) is 0 Å². The molecule has 2 heterocycles. The van der Waals surface area contributed by atoms with Gasteiger partial charge in [0.2, 0.25) is 5.13 Å². The maximum atomic E-state index is 14.0. The van der Waals surface area contributed by atoms with Crippen LogP contribution in [-0.2, 0) is 50.6 Å². The molecule has 0 atom stereocenters. The van der Waals surface area contributed by atoms with Crippen LogP contribution in [0.15, 0.2) is 117 Å². The number of azo groups is 3. The van der Waals surface area contributed by atoms with E-state index in [0.717, 1.165) is 60.9 Å². The molecule has 5 aromatic carbocycles. The van der Waals surface area contributed by atoms with Gasteiger partial charge in [-0.1, -0.05) is 23.2 Å². The number of nitrogens with zero attached hydrogens (tertiary/aromatic N) is 9. The molecule has 0 radical (unpaired) electrons. The molecule has 390 valence electrons. The van der Waals surface area contributed by atoms with Crippen LogP contribution >= 0.6 is 11.3 Å². The summed E-state index contributed by atoms with van der Waals surface area (Å²) in [4.78, 5) is 11.9. The quantitative estimate of drug-likeness (QED) is 0.0349. The topological polar surface area (TPSA) is 490 Å². The number of carbonyl (C=O) groups excluding carboxylic acids is 1. The van der Waals surface area contributed by atoms with Crippen LogP contribution in [0.1, 0.15) is 22.5 Å². The van der Waals surface area contributed by atoms with Gasteiger partial charge in [0.05, 0.1) is 66.9 Å². The van der Waals surface area contributed by atoms with E-state index in [1.807, 2.05) is 0 Å². The summed E-state index contributed by atoms with van der Waals surface area (Å²) in [5, 5.41) is 63.9. The molecule has 0 aliphatic carbocycles. The van der Waals surface area contributed by atoms with E-state index in [1.165, 1.54) is 19.1 Å². The normalized spacial score (nSPS) is 12.0. The molecule has 0 fully saturated rings. The Morgan fingerprint density at radius 1 is 0.675 bits per heavy atom. The molecule has 2 aromatic heterocycles. The smallest absolute Gasteiger partial charge is 0.871 e. The third-order valence-corrected chi connectivity index (χ3v) is 15.0. The Morgan fingerprint density at radius 2 is 1.27 bits per heavy atom. The summed E-state index contributed by atoms with van der Waals surface area (Å²) in [6.45, 7) is 0.958. The third-order valence-electron chi connectivity index (χ3n) is 9.83. The monoisotopic (exact) mass is 1180 g/mol. The zero-order chi connectivity index (χ0) is 54.5. The van der Waals surface area contributed by atoms with Gasteiger partial charge in [-0.2, -0.15) is 21.9 Å². The van der Waals surface area contributed by atoms with Gasteiger partial charge in [-0.3, -0.25) is 9.11 Å². The summed E-state index contributed by atoms with van der Waals surface area (Å²) < 4.78 is 187. The summed E-state index contributed by atoms with van der Waals surface area (Å²) in [5.41, 5.74) is -4.90. The van der Waals surface area contributed by atoms with Gasteiger partial charge in [-0.25, -0.2) is 34.9 Å². The predicted molar refractivity (Wildman–Crippen MR) is 241 cm³/mol. The molecule has 0 bridgehead atoms. The number of hydrogen-bond acceptors (Lipinski definition) is 28. The first-order chi connectivity index (χ1) is 34.3. The number of carboxylic acids is 1. The average molecular weight is 1180 g/mol. The second kappa shape index (κ2) is 28.6. The van der Waals surface area contributed by atoms with Crippen LogP contribution in [0.25, 0.3) is 26.7 Å². The molecular formula is C38H25Li6N9O21S6. The summed E-state index contributed by atoms with van der Waals surface area (Å²) in [6, 6.07) is 9.77. The number of aryl methyl sites for hydroxylation is 1. The summed E-state index contributed by atoms with van der Waals surface area (Å²) in [7, 11) is -24.8. The number of methoxy groups -OCH3 is 1. The zero-order valence-electron chi connectivity index (χ0n) is 42.6. The minimum absolute atomic E-state index is 0. The molecule has 0 saturated carbocycles. The number of benzene rings is 5. The van der Waals surface area contributed by atoms with Crippen LogP contribution in [0.5, 0.6) is 23.1 Å². The first-order valence-corrected chi connectivity index (χ1v) is 27.7. The molecule has 0 spiro atoms. The molecule has 7 aromatic rings. The van der Waals surface area contributed by atoms with Crippen LogP contribution in [0.4, 0.5) is 33.6 Å². The van der Waals surface area contributed by atoms with Gasteiger partial charge < -0.3 is 43.2 Å². The second-order valence-electron chi connectivity index (χ2n) is 14.8. The SMILES string of the molecule is COc1cc2sc(N=Nc3cc(OCCCS(=O)(=O)[O-])c(N=Nc4c(S(=O)(=O)O)cc5c(S(=O)(=O)O)c(N=Nc6c(C(=O)[O-])nn(-c7ccc(S(=O)(=O)[O-])cc7)c6[O-])ccc5c4[O-])cc3C)nc2cc1S(=O)(=O)[O-].[Li+].[Li+].[Li+].[Li+].[Li+].[Li+]. The number of aromatic nitrogens is 3. The zero-order valence-corrected chi connectivity index (χ0v) is 47.5. The molecule has 0 aliphatic rings. The first kappa shape index (κ1) is 74.1. The molecule has 0 unspecified atom stereocenters. The third kappa shape index (κ3) is 17.1. The van der Waals surface area contributed by atoms with Crippen molar-refractivity contribution < 1.29 is 208 Å². The van der Waals surface area contributed by atoms with Crippen LogP contribution in [0, 0.1) is 6.92 Å². The molecule has 80 heavy (non-hydrogen) atoms. The summed E-state index contributed by atoms with van der Waals surface area (Å²) in [5.74, 6) is -6.44. The average Bonchev–Trinajstić information content (AvgIpc) is 3.86. The molecule has 0 aliphatic heterocycles. The molecule has 0 amide bonds. The first-order valence-electron chi connectivity index (χ1n) is 19.6. The van der Waals surface area contributed by atoms with Gasteiger partial charge >= 0.3 is 113 Å². The van der Waals surface area contributed by atoms with Gasteiger partial charge in [0.15, 0.2) is 0 Å². The molecular weight excluding hydrogens is 1150 g/mol. The number of carbonyl (C=O) groups is 1. The van der Waals surface area contributed by atoms with Crippen molar-refractivity contribution in [1.82, 2.24) is 14.8 Å². The van der Waals surface area contributed by atoms with Crippen molar-refractivity contribution in [3.05, 3.63) is 78.0 Å². The second-order valence-corrected chi connectivity index (χ2v) is 22.8. The number of fused-ring (bicyclic) bond motifs is 2. The van der Waals surface area contributed by atoms with Crippen LogP contribution in [0.3, 0.4) is 0 Å². The Kier molecular flexibility index (Phi) is 26.4. The van der Waals surface area contributed by atoms with Crippen LogP contribution < -0.4 is 138 Å². The van der Waals surface area contributed by atoms with Crippen molar-refractivity contribution in [3.8, 4) is 28.8 Å². The Balaban J connectivity index is 0.00000533.